The molecule has 0 aliphatic rings. The number of hydrogen-bond donors (Lipinski definition) is 1. The third-order valence-corrected chi connectivity index (χ3v) is 3.37. The minimum Gasteiger partial charge on any atom is -0.399 e. The number of hydrogen-bond acceptors (Lipinski definition) is 6. The van der Waals surface area contributed by atoms with Gasteiger partial charge in [0.25, 0.3) is 0 Å². The fourth-order valence-corrected chi connectivity index (χ4v) is 2.08. The molecule has 0 bridgehead atoms. The van der Waals surface area contributed by atoms with E-state index in [2.05, 4.69) is 20.1 Å². The first-order chi connectivity index (χ1) is 9.76. The molecule has 1 aromatic carbocycles. The molecule has 100 valence electrons. The fourth-order valence-electron chi connectivity index (χ4n) is 1.70. The summed E-state index contributed by atoms with van der Waals surface area (Å²) >= 11 is 1.56. The number of thioether (sulfide) groups is 1. The first-order valence-electron chi connectivity index (χ1n) is 5.90. The molecule has 6 nitrogen and oxygen atoms in total. The quantitative estimate of drug-likeness (QED) is 0.450. The first-order valence-corrected chi connectivity index (χ1v) is 7.13. The lowest BCUT2D eigenvalue weighted by Crippen LogP contribution is -1.99. The molecule has 0 aliphatic heterocycles. The van der Waals surface area contributed by atoms with Crippen LogP contribution in [0.5, 0.6) is 0 Å². The van der Waals surface area contributed by atoms with Crippen LogP contribution in [-0.2, 0) is 0 Å². The maximum absolute atomic E-state index is 5.67. The van der Waals surface area contributed by atoms with Gasteiger partial charge < -0.3 is 5.73 Å². The average Bonchev–Trinajstić information content (AvgIpc) is 2.98. The summed E-state index contributed by atoms with van der Waals surface area (Å²) in [5.41, 5.74) is 7.30. The smallest absolute Gasteiger partial charge is 0.181 e. The molecule has 0 radical (unpaired) electrons. The van der Waals surface area contributed by atoms with Crippen molar-refractivity contribution in [3.05, 3.63) is 43.0 Å². The number of anilines is 1. The summed E-state index contributed by atoms with van der Waals surface area (Å²) in [6.45, 7) is 0. The van der Waals surface area contributed by atoms with Crippen molar-refractivity contribution >= 4 is 17.4 Å². The number of benzene rings is 1. The van der Waals surface area contributed by atoms with E-state index in [0.717, 1.165) is 10.6 Å². The Balaban J connectivity index is 1.95. The van der Waals surface area contributed by atoms with Crippen molar-refractivity contribution in [3.63, 3.8) is 0 Å². The number of rotatable bonds is 3. The molecule has 0 fully saturated rings. The van der Waals surface area contributed by atoms with Crippen molar-refractivity contribution in [3.8, 4) is 17.2 Å². The van der Waals surface area contributed by atoms with Gasteiger partial charge in [-0.25, -0.2) is 19.6 Å². The highest BCUT2D eigenvalue weighted by Crippen LogP contribution is 2.18. The first kappa shape index (κ1) is 12.6. The molecular formula is C13H12N6S. The molecule has 0 aliphatic carbocycles. The Bertz CT molecular complexity index is 722. The molecule has 0 saturated carbocycles. The predicted octanol–water partition coefficient (Wildman–Crippen LogP) is 2.03. The Kier molecular flexibility index (Phi) is 3.34. The van der Waals surface area contributed by atoms with Crippen molar-refractivity contribution < 1.29 is 0 Å². The van der Waals surface area contributed by atoms with Crippen molar-refractivity contribution in [2.24, 2.45) is 0 Å². The third kappa shape index (κ3) is 2.48. The molecular weight excluding hydrogens is 272 g/mol. The summed E-state index contributed by atoms with van der Waals surface area (Å²) in [7, 11) is 0. The molecule has 0 saturated heterocycles. The van der Waals surface area contributed by atoms with Gasteiger partial charge in [0.2, 0.25) is 0 Å². The highest BCUT2D eigenvalue weighted by Gasteiger charge is 2.07. The normalized spacial score (nSPS) is 10.7. The molecule has 2 aromatic heterocycles. The topological polar surface area (TPSA) is 82.5 Å². The van der Waals surface area contributed by atoms with Gasteiger partial charge in [-0.2, -0.15) is 0 Å². The van der Waals surface area contributed by atoms with E-state index >= 15 is 0 Å². The maximum Gasteiger partial charge on any atom is 0.181 e. The molecule has 2 N–H and O–H groups in total. The standard InChI is InChI=1S/C13H12N6S/c1-20-12-6-11(15-7-16-12)19-8-17-13(18-19)9-2-4-10(14)5-3-9/h2-8H,14H2,1H3. The van der Waals surface area contributed by atoms with Crippen LogP contribution in [0.3, 0.4) is 0 Å². The minimum absolute atomic E-state index is 0.634. The monoisotopic (exact) mass is 284 g/mol. The highest BCUT2D eigenvalue weighted by atomic mass is 32.2. The summed E-state index contributed by atoms with van der Waals surface area (Å²) in [5, 5.41) is 5.31. The fraction of sp³-hybridized carbons (Fsp3) is 0.0769. The van der Waals surface area contributed by atoms with Gasteiger partial charge in [0, 0.05) is 17.3 Å². The zero-order chi connectivity index (χ0) is 13.9. The second-order valence-electron chi connectivity index (χ2n) is 4.05. The molecule has 2 heterocycles. The van der Waals surface area contributed by atoms with Crippen LogP contribution >= 0.6 is 11.8 Å². The zero-order valence-electron chi connectivity index (χ0n) is 10.8. The lowest BCUT2D eigenvalue weighted by Gasteiger charge is -2.00. The molecule has 3 rings (SSSR count). The van der Waals surface area contributed by atoms with Crippen molar-refractivity contribution in [2.75, 3.05) is 12.0 Å². The van der Waals surface area contributed by atoms with Gasteiger partial charge in [0.1, 0.15) is 17.7 Å². The molecule has 3 aromatic rings. The van der Waals surface area contributed by atoms with Crippen LogP contribution in [-0.4, -0.2) is 31.0 Å². The Labute approximate surface area is 120 Å². The lowest BCUT2D eigenvalue weighted by atomic mass is 10.2. The van der Waals surface area contributed by atoms with Gasteiger partial charge in [-0.05, 0) is 30.5 Å². The van der Waals surface area contributed by atoms with Crippen molar-refractivity contribution in [1.82, 2.24) is 24.7 Å². The molecule has 0 atom stereocenters. The Hall–Kier alpha value is -2.41. The molecule has 7 heteroatoms. The van der Waals surface area contributed by atoms with Gasteiger partial charge >= 0.3 is 0 Å². The van der Waals surface area contributed by atoms with E-state index in [1.54, 1.807) is 22.8 Å². The molecule has 20 heavy (non-hydrogen) atoms. The van der Waals surface area contributed by atoms with Crippen LogP contribution in [0.2, 0.25) is 0 Å². The van der Waals surface area contributed by atoms with Crippen LogP contribution < -0.4 is 5.73 Å². The van der Waals surface area contributed by atoms with E-state index in [-0.39, 0.29) is 0 Å². The molecule has 0 amide bonds. The van der Waals surface area contributed by atoms with Gasteiger partial charge in [-0.15, -0.1) is 16.9 Å². The predicted molar refractivity (Wildman–Crippen MR) is 78.6 cm³/mol. The minimum atomic E-state index is 0.634. The molecule has 0 spiro atoms. The largest absolute Gasteiger partial charge is 0.399 e. The maximum atomic E-state index is 5.67. The SMILES string of the molecule is CSc1cc(-n2cnc(-c3ccc(N)cc3)n2)ncn1. The van der Waals surface area contributed by atoms with E-state index in [0.29, 0.717) is 17.3 Å². The summed E-state index contributed by atoms with van der Waals surface area (Å²) in [4.78, 5) is 12.6. The van der Waals surface area contributed by atoms with Crippen LogP contribution in [0.25, 0.3) is 17.2 Å². The van der Waals surface area contributed by atoms with Crippen LogP contribution in [0.4, 0.5) is 5.69 Å². The van der Waals surface area contributed by atoms with Gasteiger partial charge in [-0.3, -0.25) is 0 Å². The van der Waals surface area contributed by atoms with Crippen LogP contribution in [0.1, 0.15) is 0 Å². The van der Waals surface area contributed by atoms with Gasteiger partial charge in [0.15, 0.2) is 11.6 Å². The summed E-state index contributed by atoms with van der Waals surface area (Å²) < 4.78 is 1.63. The lowest BCUT2D eigenvalue weighted by molar-refractivity contribution is 0.828. The average molecular weight is 284 g/mol. The summed E-state index contributed by atoms with van der Waals surface area (Å²) in [5.74, 6) is 1.33. The summed E-state index contributed by atoms with van der Waals surface area (Å²) in [6, 6.07) is 9.30. The Morgan fingerprint density at radius 2 is 1.90 bits per heavy atom. The van der Waals surface area contributed by atoms with E-state index in [9.17, 15) is 0 Å². The Morgan fingerprint density at radius 3 is 2.65 bits per heavy atom. The summed E-state index contributed by atoms with van der Waals surface area (Å²) in [6.07, 6.45) is 5.12. The van der Waals surface area contributed by atoms with E-state index in [4.69, 9.17) is 5.73 Å². The van der Waals surface area contributed by atoms with E-state index < -0.39 is 0 Å². The second kappa shape index (κ2) is 5.30. The number of nitrogens with zero attached hydrogens (tertiary/aromatic N) is 5. The number of aromatic nitrogens is 5. The van der Waals surface area contributed by atoms with Crippen LogP contribution in [0.15, 0.2) is 48.0 Å². The highest BCUT2D eigenvalue weighted by molar-refractivity contribution is 7.98. The Morgan fingerprint density at radius 1 is 1.10 bits per heavy atom. The zero-order valence-corrected chi connectivity index (χ0v) is 11.6. The van der Waals surface area contributed by atoms with Gasteiger partial charge in [-0.1, -0.05) is 0 Å². The molecule has 0 unspecified atom stereocenters. The van der Waals surface area contributed by atoms with E-state index in [1.807, 2.05) is 36.6 Å². The second-order valence-corrected chi connectivity index (χ2v) is 4.88. The van der Waals surface area contributed by atoms with E-state index in [1.165, 1.54) is 6.33 Å². The third-order valence-electron chi connectivity index (χ3n) is 2.73. The van der Waals surface area contributed by atoms with Crippen LogP contribution in [0, 0.1) is 0 Å². The number of nitrogen functional groups attached to an aromatic ring is 1. The van der Waals surface area contributed by atoms with Crippen molar-refractivity contribution in [1.29, 1.82) is 0 Å². The van der Waals surface area contributed by atoms with Gasteiger partial charge in [0.05, 0.1) is 0 Å². The number of nitrogens with two attached hydrogens (primary N) is 1. The van der Waals surface area contributed by atoms with Crippen molar-refractivity contribution in [2.45, 2.75) is 5.03 Å².